The summed E-state index contributed by atoms with van der Waals surface area (Å²) < 4.78 is 12.8. The van der Waals surface area contributed by atoms with Gasteiger partial charge >= 0.3 is 11.9 Å². The summed E-state index contributed by atoms with van der Waals surface area (Å²) in [5.74, 6) is -4.17. The van der Waals surface area contributed by atoms with Gasteiger partial charge in [-0.15, -0.1) is 0 Å². The van der Waals surface area contributed by atoms with Crippen molar-refractivity contribution >= 4 is 11.9 Å². The largest absolute Gasteiger partial charge is 0.481 e. The topological polar surface area (TPSA) is 114 Å². The summed E-state index contributed by atoms with van der Waals surface area (Å²) in [6, 6.07) is 2.76. The predicted molar refractivity (Wildman–Crippen MR) is 59.3 cm³/mol. The van der Waals surface area contributed by atoms with Gasteiger partial charge in [0.25, 0.3) is 0 Å². The minimum absolute atomic E-state index is 0.0614. The molecule has 2 unspecified atom stereocenters. The van der Waals surface area contributed by atoms with Crippen LogP contribution in [0, 0.1) is 11.9 Å². The van der Waals surface area contributed by atoms with Gasteiger partial charge in [0.2, 0.25) is 5.95 Å². The number of hydrogen-bond acceptors (Lipinski definition) is 4. The summed E-state index contributed by atoms with van der Waals surface area (Å²) in [6.07, 6.45) is -0.295. The number of pyridine rings is 1. The Hall–Kier alpha value is -2.02. The molecule has 0 bridgehead atoms. The van der Waals surface area contributed by atoms with Crippen molar-refractivity contribution in [2.45, 2.75) is 18.9 Å². The Morgan fingerprint density at radius 3 is 2.50 bits per heavy atom. The van der Waals surface area contributed by atoms with Crippen LogP contribution >= 0.6 is 0 Å². The third-order valence-electron chi connectivity index (χ3n) is 2.43. The molecule has 1 rings (SSSR count). The molecule has 18 heavy (non-hydrogen) atoms. The van der Waals surface area contributed by atoms with Crippen molar-refractivity contribution in [2.24, 2.45) is 11.7 Å². The molecule has 0 fully saturated rings. The molecule has 0 amide bonds. The van der Waals surface area contributed by atoms with E-state index >= 15 is 0 Å². The number of aliphatic carboxylic acids is 2. The van der Waals surface area contributed by atoms with Crippen molar-refractivity contribution < 1.29 is 24.2 Å². The molecule has 0 aromatic carbocycles. The molecule has 6 nitrogen and oxygen atoms in total. The number of hydrogen-bond donors (Lipinski definition) is 3. The first-order valence-electron chi connectivity index (χ1n) is 5.22. The second-order valence-corrected chi connectivity index (χ2v) is 3.87. The molecular formula is C11H13FN2O4. The van der Waals surface area contributed by atoms with Gasteiger partial charge in [-0.2, -0.15) is 4.39 Å². The van der Waals surface area contributed by atoms with Gasteiger partial charge in [0.15, 0.2) is 0 Å². The van der Waals surface area contributed by atoms with Crippen LogP contribution in [0.3, 0.4) is 0 Å². The highest BCUT2D eigenvalue weighted by atomic mass is 18.2. The lowest BCUT2D eigenvalue weighted by atomic mass is 9.95. The highest BCUT2D eigenvalue weighted by Crippen LogP contribution is 2.13. The fraction of sp³-hybridized carbons (Fsp3) is 0.364. The van der Waals surface area contributed by atoms with Crippen LogP contribution in [0.2, 0.25) is 0 Å². The Morgan fingerprint density at radius 1 is 1.33 bits per heavy atom. The molecule has 0 aliphatic rings. The molecule has 7 heteroatoms. The van der Waals surface area contributed by atoms with Gasteiger partial charge in [-0.1, -0.05) is 6.07 Å². The maximum Gasteiger partial charge on any atom is 0.320 e. The van der Waals surface area contributed by atoms with Crippen LogP contribution in [0.5, 0.6) is 0 Å². The number of nitrogens with zero attached hydrogens (tertiary/aromatic N) is 1. The molecule has 2 atom stereocenters. The first-order valence-corrected chi connectivity index (χ1v) is 5.22. The van der Waals surface area contributed by atoms with E-state index in [0.717, 1.165) is 6.07 Å². The van der Waals surface area contributed by atoms with Gasteiger partial charge < -0.3 is 15.9 Å². The summed E-state index contributed by atoms with van der Waals surface area (Å²) in [4.78, 5) is 25.1. The minimum atomic E-state index is -1.27. The zero-order chi connectivity index (χ0) is 13.7. The average molecular weight is 255 g/mol. The first kappa shape index (κ1) is 14.0. The van der Waals surface area contributed by atoms with Crippen LogP contribution in [0.15, 0.2) is 18.2 Å². The van der Waals surface area contributed by atoms with Gasteiger partial charge in [0.05, 0.1) is 5.92 Å². The highest BCUT2D eigenvalue weighted by Gasteiger charge is 2.25. The van der Waals surface area contributed by atoms with E-state index in [1.54, 1.807) is 0 Å². The van der Waals surface area contributed by atoms with E-state index in [-0.39, 0.29) is 18.5 Å². The molecular weight excluding hydrogens is 242 g/mol. The number of nitrogens with two attached hydrogens (primary N) is 1. The van der Waals surface area contributed by atoms with Crippen LogP contribution < -0.4 is 5.73 Å². The Labute approximate surface area is 102 Å². The van der Waals surface area contributed by atoms with Gasteiger partial charge in [0.1, 0.15) is 6.04 Å². The molecule has 1 heterocycles. The van der Waals surface area contributed by atoms with Crippen LogP contribution in [0.4, 0.5) is 4.39 Å². The average Bonchev–Trinajstić information content (AvgIpc) is 2.27. The van der Waals surface area contributed by atoms with Gasteiger partial charge in [-0.05, 0) is 18.6 Å². The Bertz CT molecular complexity index is 452. The molecule has 1 aromatic heterocycles. The standard InChI is InChI=1S/C11H13FN2O4/c12-9-3-1-2-7(14-9)4-6(10(15)16)5-8(13)11(17)18/h1-3,6,8H,4-5,13H2,(H,15,16)(H,17,18)/i12-1. The first-order chi connectivity index (χ1) is 8.40. The van der Waals surface area contributed by atoms with E-state index in [1.165, 1.54) is 12.1 Å². The van der Waals surface area contributed by atoms with E-state index in [0.29, 0.717) is 0 Å². The lowest BCUT2D eigenvalue weighted by Gasteiger charge is -2.14. The molecule has 98 valence electrons. The summed E-state index contributed by atoms with van der Waals surface area (Å²) >= 11 is 0. The molecule has 0 spiro atoms. The number of carboxylic acid groups (broad SMARTS) is 2. The minimum Gasteiger partial charge on any atom is -0.481 e. The van der Waals surface area contributed by atoms with Gasteiger partial charge in [-0.3, -0.25) is 9.59 Å². The van der Waals surface area contributed by atoms with Crippen molar-refractivity contribution in [3.8, 4) is 0 Å². The SMILES string of the molecule is NC(CC(Cc1cccc([18F])n1)C(=O)O)C(=O)O. The third kappa shape index (κ3) is 4.10. The maximum atomic E-state index is 12.8. The number of halogens is 1. The number of aromatic nitrogens is 1. The molecule has 0 radical (unpaired) electrons. The maximum absolute atomic E-state index is 12.8. The zero-order valence-electron chi connectivity index (χ0n) is 9.41. The van der Waals surface area contributed by atoms with E-state index in [2.05, 4.69) is 4.98 Å². The van der Waals surface area contributed by atoms with Crippen LogP contribution in [-0.4, -0.2) is 33.2 Å². The second kappa shape index (κ2) is 6.06. The molecule has 0 saturated carbocycles. The van der Waals surface area contributed by atoms with E-state index < -0.39 is 29.8 Å². The lowest BCUT2D eigenvalue weighted by molar-refractivity contribution is -0.143. The van der Waals surface area contributed by atoms with Crippen molar-refractivity contribution in [3.63, 3.8) is 0 Å². The molecule has 0 aliphatic heterocycles. The van der Waals surface area contributed by atoms with Gasteiger partial charge in [-0.25, -0.2) is 4.98 Å². The van der Waals surface area contributed by atoms with Crippen molar-refractivity contribution in [1.29, 1.82) is 0 Å². The number of rotatable bonds is 6. The summed E-state index contributed by atoms with van der Waals surface area (Å²) in [5, 5.41) is 17.6. The summed E-state index contributed by atoms with van der Waals surface area (Å²) in [5.41, 5.74) is 5.53. The van der Waals surface area contributed by atoms with E-state index in [9.17, 15) is 14.0 Å². The number of carboxylic acids is 2. The predicted octanol–water partition coefficient (Wildman–Crippen LogP) is 0.266. The molecule has 4 N–H and O–H groups in total. The fourth-order valence-electron chi connectivity index (χ4n) is 1.50. The van der Waals surface area contributed by atoms with Crippen LogP contribution in [-0.2, 0) is 16.0 Å². The zero-order valence-corrected chi connectivity index (χ0v) is 9.41. The smallest absolute Gasteiger partial charge is 0.320 e. The molecule has 1 aromatic rings. The number of carbonyl (C=O) groups is 2. The normalized spacial score (nSPS) is 13.9. The molecule has 0 saturated heterocycles. The van der Waals surface area contributed by atoms with Crippen molar-refractivity contribution in [3.05, 3.63) is 29.8 Å². The van der Waals surface area contributed by atoms with Crippen LogP contribution in [0.1, 0.15) is 12.1 Å². The van der Waals surface area contributed by atoms with Crippen LogP contribution in [0.25, 0.3) is 0 Å². The lowest BCUT2D eigenvalue weighted by Crippen LogP contribution is -2.35. The molecule has 0 aliphatic carbocycles. The highest BCUT2D eigenvalue weighted by molar-refractivity contribution is 5.75. The third-order valence-corrected chi connectivity index (χ3v) is 2.43. The van der Waals surface area contributed by atoms with Crippen molar-refractivity contribution in [2.75, 3.05) is 0 Å². The van der Waals surface area contributed by atoms with E-state index in [4.69, 9.17) is 15.9 Å². The quantitative estimate of drug-likeness (QED) is 0.628. The monoisotopic (exact) mass is 255 g/mol. The second-order valence-electron chi connectivity index (χ2n) is 3.87. The Kier molecular flexibility index (Phi) is 4.73. The Morgan fingerprint density at radius 2 is 2.00 bits per heavy atom. The summed E-state index contributed by atoms with van der Waals surface area (Å²) in [7, 11) is 0. The summed E-state index contributed by atoms with van der Waals surface area (Å²) in [6.45, 7) is 0. The van der Waals surface area contributed by atoms with Gasteiger partial charge in [0, 0.05) is 12.1 Å². The van der Waals surface area contributed by atoms with Crippen molar-refractivity contribution in [1.82, 2.24) is 4.98 Å². The fourth-order valence-corrected chi connectivity index (χ4v) is 1.50. The van der Waals surface area contributed by atoms with E-state index in [1.807, 2.05) is 0 Å². The Balaban J connectivity index is 2.75.